The maximum Gasteiger partial charge on any atom is 0.378 e. The Bertz CT molecular complexity index is 524. The molecule has 0 radical (unpaired) electrons. The molecular formula is C13H13ClO5. The Hall–Kier alpha value is -1.72. The Kier molecular flexibility index (Phi) is 3.97. The zero-order chi connectivity index (χ0) is 14.0. The molecule has 1 aromatic carbocycles. The van der Waals surface area contributed by atoms with E-state index in [2.05, 4.69) is 4.74 Å². The standard InChI is InChI=1S/C13H13ClO5/c1-7(2)17-8-4-3-5-9(6-8)18-11-10(14)12(15)19-13(11)16/h3-7,12,15H,1-2H3. The van der Waals surface area contributed by atoms with E-state index in [1.54, 1.807) is 24.3 Å². The molecule has 0 saturated carbocycles. The summed E-state index contributed by atoms with van der Waals surface area (Å²) in [6.45, 7) is 3.80. The fourth-order valence-electron chi connectivity index (χ4n) is 1.51. The highest BCUT2D eigenvalue weighted by Crippen LogP contribution is 2.29. The first-order valence-electron chi connectivity index (χ1n) is 5.70. The Morgan fingerprint density at radius 2 is 2.05 bits per heavy atom. The van der Waals surface area contributed by atoms with Crippen molar-refractivity contribution in [2.24, 2.45) is 0 Å². The summed E-state index contributed by atoms with van der Waals surface area (Å²) in [7, 11) is 0. The number of esters is 1. The van der Waals surface area contributed by atoms with Crippen molar-refractivity contribution >= 4 is 17.6 Å². The molecule has 0 bridgehead atoms. The molecule has 2 rings (SSSR count). The second-order valence-electron chi connectivity index (χ2n) is 4.18. The molecule has 1 heterocycles. The van der Waals surface area contributed by atoms with E-state index < -0.39 is 12.3 Å². The van der Waals surface area contributed by atoms with E-state index in [1.165, 1.54) is 0 Å². The minimum atomic E-state index is -1.46. The summed E-state index contributed by atoms with van der Waals surface area (Å²) in [6, 6.07) is 6.75. The predicted molar refractivity (Wildman–Crippen MR) is 67.8 cm³/mol. The first-order chi connectivity index (χ1) is 8.97. The quantitative estimate of drug-likeness (QED) is 0.859. The minimum Gasteiger partial charge on any atom is -0.491 e. The molecule has 0 spiro atoms. The molecule has 0 aliphatic carbocycles. The van der Waals surface area contributed by atoms with Crippen LogP contribution in [0, 0.1) is 0 Å². The number of halogens is 1. The molecule has 1 unspecified atom stereocenters. The van der Waals surface area contributed by atoms with E-state index in [4.69, 9.17) is 21.1 Å². The predicted octanol–water partition coefficient (Wildman–Crippen LogP) is 2.18. The molecule has 6 heteroatoms. The average molecular weight is 285 g/mol. The number of cyclic esters (lactones) is 1. The van der Waals surface area contributed by atoms with Crippen molar-refractivity contribution in [1.29, 1.82) is 0 Å². The summed E-state index contributed by atoms with van der Waals surface area (Å²) < 4.78 is 15.3. The number of ether oxygens (including phenoxy) is 3. The number of aliphatic hydroxyl groups excluding tert-OH is 1. The number of carbonyl (C=O) groups excluding carboxylic acids is 1. The van der Waals surface area contributed by atoms with E-state index in [1.807, 2.05) is 13.8 Å². The molecule has 0 aromatic heterocycles. The highest BCUT2D eigenvalue weighted by molar-refractivity contribution is 6.32. The van der Waals surface area contributed by atoms with Crippen LogP contribution in [0.2, 0.25) is 0 Å². The van der Waals surface area contributed by atoms with Crippen LogP contribution in [0.1, 0.15) is 13.8 Å². The number of rotatable bonds is 4. The van der Waals surface area contributed by atoms with Crippen molar-refractivity contribution < 1.29 is 24.1 Å². The normalized spacial score (nSPS) is 18.8. The van der Waals surface area contributed by atoms with Gasteiger partial charge in [-0.2, -0.15) is 0 Å². The second kappa shape index (κ2) is 5.50. The smallest absolute Gasteiger partial charge is 0.378 e. The molecule has 0 fully saturated rings. The summed E-state index contributed by atoms with van der Waals surface area (Å²) in [6.07, 6.45) is -1.43. The van der Waals surface area contributed by atoms with Crippen molar-refractivity contribution in [2.75, 3.05) is 0 Å². The van der Waals surface area contributed by atoms with Crippen LogP contribution in [0.3, 0.4) is 0 Å². The van der Waals surface area contributed by atoms with Gasteiger partial charge in [-0.05, 0) is 26.0 Å². The van der Waals surface area contributed by atoms with E-state index in [-0.39, 0.29) is 16.9 Å². The molecule has 0 saturated heterocycles. The first kappa shape index (κ1) is 13.7. The van der Waals surface area contributed by atoms with Gasteiger partial charge in [-0.25, -0.2) is 4.79 Å². The molecule has 19 heavy (non-hydrogen) atoms. The van der Waals surface area contributed by atoms with Crippen LogP contribution in [0.25, 0.3) is 0 Å². The molecule has 1 aliphatic rings. The van der Waals surface area contributed by atoms with Crippen molar-refractivity contribution in [3.05, 3.63) is 35.1 Å². The summed E-state index contributed by atoms with van der Waals surface area (Å²) in [4.78, 5) is 11.4. The molecule has 1 atom stereocenters. The molecule has 1 aromatic rings. The van der Waals surface area contributed by atoms with Crippen molar-refractivity contribution in [3.63, 3.8) is 0 Å². The molecule has 0 amide bonds. The Labute approximate surface area is 115 Å². The number of hydrogen-bond acceptors (Lipinski definition) is 5. The van der Waals surface area contributed by atoms with Crippen LogP contribution < -0.4 is 9.47 Å². The van der Waals surface area contributed by atoms with Crippen LogP contribution in [0.5, 0.6) is 11.5 Å². The largest absolute Gasteiger partial charge is 0.491 e. The summed E-state index contributed by atoms with van der Waals surface area (Å²) in [5.41, 5.74) is 0. The number of carbonyl (C=O) groups is 1. The van der Waals surface area contributed by atoms with Crippen LogP contribution in [0.15, 0.2) is 35.1 Å². The summed E-state index contributed by atoms with van der Waals surface area (Å²) in [5, 5.41) is 9.09. The van der Waals surface area contributed by atoms with Gasteiger partial charge >= 0.3 is 5.97 Å². The maximum absolute atomic E-state index is 11.4. The van der Waals surface area contributed by atoms with Gasteiger partial charge in [-0.15, -0.1) is 0 Å². The molecule has 1 aliphatic heterocycles. The van der Waals surface area contributed by atoms with E-state index in [0.717, 1.165) is 0 Å². The second-order valence-corrected chi connectivity index (χ2v) is 4.59. The molecule has 5 nitrogen and oxygen atoms in total. The van der Waals surface area contributed by atoms with E-state index >= 15 is 0 Å². The topological polar surface area (TPSA) is 65.0 Å². The Balaban J connectivity index is 2.18. The Morgan fingerprint density at radius 3 is 2.63 bits per heavy atom. The third-order valence-corrected chi connectivity index (χ3v) is 2.59. The van der Waals surface area contributed by atoms with Crippen molar-refractivity contribution in [3.8, 4) is 11.5 Å². The number of hydrogen-bond donors (Lipinski definition) is 1. The van der Waals surface area contributed by atoms with Gasteiger partial charge in [0, 0.05) is 6.07 Å². The minimum absolute atomic E-state index is 0.0244. The van der Waals surface area contributed by atoms with Crippen LogP contribution in [-0.4, -0.2) is 23.5 Å². The van der Waals surface area contributed by atoms with Crippen LogP contribution in [0.4, 0.5) is 0 Å². The van der Waals surface area contributed by atoms with Gasteiger partial charge in [-0.1, -0.05) is 17.7 Å². The fourth-order valence-corrected chi connectivity index (χ4v) is 1.67. The van der Waals surface area contributed by atoms with Gasteiger partial charge in [-0.3, -0.25) is 0 Å². The summed E-state index contributed by atoms with van der Waals surface area (Å²) >= 11 is 5.73. The zero-order valence-corrected chi connectivity index (χ0v) is 11.2. The van der Waals surface area contributed by atoms with Crippen LogP contribution >= 0.6 is 11.6 Å². The lowest BCUT2D eigenvalue weighted by Crippen LogP contribution is -2.09. The van der Waals surface area contributed by atoms with E-state index in [9.17, 15) is 9.90 Å². The third-order valence-electron chi connectivity index (χ3n) is 2.23. The van der Waals surface area contributed by atoms with Crippen molar-refractivity contribution in [2.45, 2.75) is 26.2 Å². The average Bonchev–Trinajstić information content (AvgIpc) is 2.56. The zero-order valence-electron chi connectivity index (χ0n) is 10.4. The highest BCUT2D eigenvalue weighted by atomic mass is 35.5. The lowest BCUT2D eigenvalue weighted by Gasteiger charge is -2.11. The SMILES string of the molecule is CC(C)Oc1cccc(OC2=C(Cl)C(O)OC2=O)c1. The van der Waals surface area contributed by atoms with E-state index in [0.29, 0.717) is 11.5 Å². The lowest BCUT2D eigenvalue weighted by atomic mass is 10.3. The van der Waals surface area contributed by atoms with Crippen molar-refractivity contribution in [1.82, 2.24) is 0 Å². The van der Waals surface area contributed by atoms with Gasteiger partial charge in [0.1, 0.15) is 16.5 Å². The van der Waals surface area contributed by atoms with Gasteiger partial charge in [0.25, 0.3) is 0 Å². The van der Waals surface area contributed by atoms with Gasteiger partial charge in [0.15, 0.2) is 0 Å². The number of aliphatic hydroxyl groups is 1. The molecule has 1 N–H and O–H groups in total. The number of benzene rings is 1. The van der Waals surface area contributed by atoms with Gasteiger partial charge < -0.3 is 19.3 Å². The first-order valence-corrected chi connectivity index (χ1v) is 6.08. The monoisotopic (exact) mass is 284 g/mol. The molecule has 102 valence electrons. The highest BCUT2D eigenvalue weighted by Gasteiger charge is 2.34. The third kappa shape index (κ3) is 3.19. The molecular weight excluding hydrogens is 272 g/mol. The summed E-state index contributed by atoms with van der Waals surface area (Å²) in [5.74, 6) is -0.0305. The fraction of sp³-hybridized carbons (Fsp3) is 0.308. The Morgan fingerprint density at radius 1 is 1.37 bits per heavy atom. The van der Waals surface area contributed by atoms with Crippen LogP contribution in [-0.2, 0) is 9.53 Å². The lowest BCUT2D eigenvalue weighted by molar-refractivity contribution is -0.153. The maximum atomic E-state index is 11.4. The van der Waals surface area contributed by atoms with Gasteiger partial charge in [0.05, 0.1) is 6.10 Å². The van der Waals surface area contributed by atoms with Gasteiger partial charge in [0.2, 0.25) is 12.0 Å².